The van der Waals surface area contributed by atoms with Crippen LogP contribution >= 0.6 is 0 Å². The lowest BCUT2D eigenvalue weighted by Gasteiger charge is -2.25. The Balaban J connectivity index is 1.48. The van der Waals surface area contributed by atoms with Crippen molar-refractivity contribution in [1.29, 1.82) is 5.26 Å². The number of rotatable bonds is 8. The van der Waals surface area contributed by atoms with Crippen molar-refractivity contribution in [2.75, 3.05) is 0 Å². The monoisotopic (exact) mass is 538 g/mol. The van der Waals surface area contributed by atoms with Crippen LogP contribution in [-0.2, 0) is 17.9 Å². The topological polar surface area (TPSA) is 81.4 Å². The molecule has 0 aliphatic carbocycles. The molecule has 0 saturated heterocycles. The smallest absolute Gasteiger partial charge is 0.310 e. The molecule has 5 aromatic carbocycles. The Hall–Kier alpha value is -5.21. The van der Waals surface area contributed by atoms with E-state index in [0.717, 1.165) is 44.2 Å². The third-order valence-corrected chi connectivity index (χ3v) is 7.49. The Bertz CT molecular complexity index is 1780. The minimum atomic E-state index is -0.857. The molecule has 0 heterocycles. The van der Waals surface area contributed by atoms with Crippen LogP contribution in [0.15, 0.2) is 109 Å². The highest BCUT2D eigenvalue weighted by atomic mass is 16.4. The molecule has 0 bridgehead atoms. The molecule has 0 fully saturated rings. The molecular formula is C36H30N2O3. The largest absolute Gasteiger partial charge is 0.481 e. The highest BCUT2D eigenvalue weighted by Crippen LogP contribution is 2.27. The van der Waals surface area contributed by atoms with Gasteiger partial charge < -0.3 is 10.0 Å². The molecule has 5 rings (SSSR count). The fraction of sp³-hybridized carbons (Fsp3) is 0.139. The second-order valence-corrected chi connectivity index (χ2v) is 10.3. The molecule has 0 saturated carbocycles. The summed E-state index contributed by atoms with van der Waals surface area (Å²) < 4.78 is 0. The van der Waals surface area contributed by atoms with Gasteiger partial charge in [-0.2, -0.15) is 5.26 Å². The second-order valence-electron chi connectivity index (χ2n) is 10.3. The van der Waals surface area contributed by atoms with Crippen LogP contribution in [0, 0.1) is 18.3 Å². The Labute approximate surface area is 239 Å². The number of carbonyl (C=O) groups is 2. The summed E-state index contributed by atoms with van der Waals surface area (Å²) in [5.74, 6) is -1.52. The van der Waals surface area contributed by atoms with Gasteiger partial charge in [-0.05, 0) is 70.1 Å². The predicted molar refractivity (Wildman–Crippen MR) is 161 cm³/mol. The highest BCUT2D eigenvalue weighted by molar-refractivity contribution is 6.08. The van der Waals surface area contributed by atoms with Gasteiger partial charge >= 0.3 is 5.97 Å². The molecule has 5 nitrogen and oxygen atoms in total. The van der Waals surface area contributed by atoms with E-state index in [1.54, 1.807) is 13.0 Å². The molecule has 5 heteroatoms. The first-order valence-corrected chi connectivity index (χ1v) is 13.5. The van der Waals surface area contributed by atoms with E-state index in [1.165, 1.54) is 0 Å². The number of amides is 1. The van der Waals surface area contributed by atoms with E-state index in [9.17, 15) is 20.0 Å². The highest BCUT2D eigenvalue weighted by Gasteiger charge is 2.21. The number of aryl methyl sites for hydroxylation is 1. The van der Waals surface area contributed by atoms with Crippen molar-refractivity contribution < 1.29 is 14.7 Å². The molecule has 1 amide bonds. The van der Waals surface area contributed by atoms with Gasteiger partial charge in [-0.1, -0.05) is 97.1 Å². The molecule has 0 spiro atoms. The fourth-order valence-electron chi connectivity index (χ4n) is 5.13. The molecule has 0 aliphatic rings. The Kier molecular flexibility index (Phi) is 7.94. The van der Waals surface area contributed by atoms with E-state index < -0.39 is 11.9 Å². The Morgan fingerprint density at radius 1 is 0.805 bits per heavy atom. The van der Waals surface area contributed by atoms with Crippen LogP contribution in [0.1, 0.15) is 51.0 Å². The molecule has 1 N–H and O–H groups in total. The first kappa shape index (κ1) is 27.4. The summed E-state index contributed by atoms with van der Waals surface area (Å²) in [5.41, 5.74) is 6.66. The number of nitriles is 1. The number of aliphatic carboxylic acids is 1. The van der Waals surface area contributed by atoms with Crippen LogP contribution in [0.25, 0.3) is 21.9 Å². The zero-order valence-electron chi connectivity index (χ0n) is 23.0. The molecule has 1 atom stereocenters. The number of hydrogen-bond acceptors (Lipinski definition) is 3. The van der Waals surface area contributed by atoms with Crippen molar-refractivity contribution in [2.45, 2.75) is 32.9 Å². The van der Waals surface area contributed by atoms with Gasteiger partial charge in [0.2, 0.25) is 0 Å². The second kappa shape index (κ2) is 11.9. The van der Waals surface area contributed by atoms with E-state index in [0.29, 0.717) is 24.2 Å². The van der Waals surface area contributed by atoms with Crippen LogP contribution in [0.5, 0.6) is 0 Å². The van der Waals surface area contributed by atoms with E-state index >= 15 is 0 Å². The fourth-order valence-corrected chi connectivity index (χ4v) is 5.13. The predicted octanol–water partition coefficient (Wildman–Crippen LogP) is 7.72. The lowest BCUT2D eigenvalue weighted by atomic mass is 9.96. The van der Waals surface area contributed by atoms with E-state index in [4.69, 9.17) is 0 Å². The van der Waals surface area contributed by atoms with Crippen molar-refractivity contribution in [2.24, 2.45) is 0 Å². The van der Waals surface area contributed by atoms with Gasteiger partial charge in [0.1, 0.15) is 0 Å². The minimum absolute atomic E-state index is 0.0684. The van der Waals surface area contributed by atoms with Crippen LogP contribution in [0.2, 0.25) is 0 Å². The maximum Gasteiger partial charge on any atom is 0.310 e. The summed E-state index contributed by atoms with van der Waals surface area (Å²) in [6.07, 6.45) is 0. The van der Waals surface area contributed by atoms with Gasteiger partial charge in [0.25, 0.3) is 5.91 Å². The molecule has 41 heavy (non-hydrogen) atoms. The standard InChI is InChI=1S/C36H30N2O3/c1-24-13-16-30-9-3-4-12-33(30)34(24)35(39)38(23-28-8-5-7-27(19-28)21-37)22-26-14-17-29(18-15-26)32-11-6-10-31(20-32)25(2)36(40)41/h3-20,25H,22-23H2,1-2H3,(H,40,41)/t25-/m0/s1. The summed E-state index contributed by atoms with van der Waals surface area (Å²) in [6.45, 7) is 4.38. The molecule has 0 unspecified atom stereocenters. The normalized spacial score (nSPS) is 11.5. The van der Waals surface area contributed by atoms with Crippen molar-refractivity contribution >= 4 is 22.6 Å². The number of carbonyl (C=O) groups excluding carboxylic acids is 1. The average Bonchev–Trinajstić information content (AvgIpc) is 3.00. The number of nitrogens with zero attached hydrogens (tertiary/aromatic N) is 2. The zero-order valence-corrected chi connectivity index (χ0v) is 23.0. The third-order valence-electron chi connectivity index (χ3n) is 7.49. The maximum absolute atomic E-state index is 14.2. The van der Waals surface area contributed by atoms with Gasteiger partial charge in [-0.3, -0.25) is 9.59 Å². The summed E-state index contributed by atoms with van der Waals surface area (Å²) in [7, 11) is 0. The quantitative estimate of drug-likeness (QED) is 0.219. The number of carboxylic acids is 1. The van der Waals surface area contributed by atoms with E-state index in [2.05, 4.69) is 6.07 Å². The van der Waals surface area contributed by atoms with Gasteiger partial charge in [-0.25, -0.2) is 0 Å². The summed E-state index contributed by atoms with van der Waals surface area (Å²) in [6, 6.07) is 37.1. The van der Waals surface area contributed by atoms with Gasteiger partial charge in [0, 0.05) is 13.1 Å². The molecule has 5 aromatic rings. The average molecular weight is 539 g/mol. The van der Waals surface area contributed by atoms with E-state index in [1.807, 2.05) is 115 Å². The number of carboxylic acid groups (broad SMARTS) is 1. The van der Waals surface area contributed by atoms with Gasteiger partial charge in [0.15, 0.2) is 0 Å². The lowest BCUT2D eigenvalue weighted by Crippen LogP contribution is -2.31. The lowest BCUT2D eigenvalue weighted by molar-refractivity contribution is -0.138. The van der Waals surface area contributed by atoms with Crippen LogP contribution < -0.4 is 0 Å². The van der Waals surface area contributed by atoms with Gasteiger partial charge in [-0.15, -0.1) is 0 Å². The summed E-state index contributed by atoms with van der Waals surface area (Å²) in [4.78, 5) is 27.5. The molecule has 0 aliphatic heterocycles. The number of hydrogen-bond donors (Lipinski definition) is 1. The molecule has 0 aromatic heterocycles. The SMILES string of the molecule is Cc1ccc2ccccc2c1C(=O)N(Cc1ccc(-c2cccc([C@H](C)C(=O)O)c2)cc1)Cc1cccc(C#N)c1. The van der Waals surface area contributed by atoms with Gasteiger partial charge in [0.05, 0.1) is 23.1 Å². The summed E-state index contributed by atoms with van der Waals surface area (Å²) >= 11 is 0. The zero-order chi connectivity index (χ0) is 28.9. The Morgan fingerprint density at radius 3 is 2.29 bits per heavy atom. The van der Waals surface area contributed by atoms with Crippen molar-refractivity contribution in [3.63, 3.8) is 0 Å². The van der Waals surface area contributed by atoms with Crippen LogP contribution in [0.4, 0.5) is 0 Å². The van der Waals surface area contributed by atoms with E-state index in [-0.39, 0.29) is 5.91 Å². The molecular weight excluding hydrogens is 508 g/mol. The Morgan fingerprint density at radius 2 is 1.54 bits per heavy atom. The van der Waals surface area contributed by atoms with Crippen molar-refractivity contribution in [3.05, 3.63) is 143 Å². The first-order valence-electron chi connectivity index (χ1n) is 13.5. The maximum atomic E-state index is 14.2. The first-order chi connectivity index (χ1) is 19.8. The minimum Gasteiger partial charge on any atom is -0.481 e. The van der Waals surface area contributed by atoms with Crippen molar-refractivity contribution in [1.82, 2.24) is 4.90 Å². The number of benzene rings is 5. The van der Waals surface area contributed by atoms with Crippen molar-refractivity contribution in [3.8, 4) is 17.2 Å². The summed E-state index contributed by atoms with van der Waals surface area (Å²) in [5, 5.41) is 20.7. The third kappa shape index (κ3) is 6.03. The number of fused-ring (bicyclic) bond motifs is 1. The molecule has 202 valence electrons. The molecule has 0 radical (unpaired) electrons. The van der Waals surface area contributed by atoms with Crippen LogP contribution in [-0.4, -0.2) is 21.9 Å². The van der Waals surface area contributed by atoms with Crippen LogP contribution in [0.3, 0.4) is 0 Å².